The van der Waals surface area contributed by atoms with Crippen LogP contribution in [-0.2, 0) is 16.0 Å². The van der Waals surface area contributed by atoms with E-state index in [1.54, 1.807) is 19.6 Å². The molecule has 3 heteroatoms. The molecule has 0 heterocycles. The lowest BCUT2D eigenvalue weighted by Gasteiger charge is -2.50. The molecule has 3 aliphatic carbocycles. The van der Waals surface area contributed by atoms with Gasteiger partial charge in [-0.05, 0) is 79.5 Å². The van der Waals surface area contributed by atoms with Crippen LogP contribution >= 0.6 is 0 Å². The molecular formula is C21H28O3. The van der Waals surface area contributed by atoms with Crippen LogP contribution in [0.25, 0.3) is 0 Å². The van der Waals surface area contributed by atoms with E-state index in [4.69, 9.17) is 9.47 Å². The fourth-order valence-electron chi connectivity index (χ4n) is 6.03. The zero-order valence-corrected chi connectivity index (χ0v) is 15.0. The highest BCUT2D eigenvalue weighted by Crippen LogP contribution is 2.61. The molecule has 1 aromatic carbocycles. The molecule has 0 N–H and O–H groups in total. The Morgan fingerprint density at radius 1 is 1.21 bits per heavy atom. The largest absolute Gasteiger partial charge is 0.497 e. The number of hydrogen-bond acceptors (Lipinski definition) is 3. The average molecular weight is 328 g/mol. The van der Waals surface area contributed by atoms with Crippen molar-refractivity contribution in [2.45, 2.75) is 64.4 Å². The summed E-state index contributed by atoms with van der Waals surface area (Å²) in [7, 11) is 1.74. The number of esters is 1. The molecular weight excluding hydrogens is 300 g/mol. The van der Waals surface area contributed by atoms with Crippen LogP contribution in [0, 0.1) is 17.3 Å². The molecule has 0 amide bonds. The third-order valence-electron chi connectivity index (χ3n) is 7.15. The molecule has 2 saturated carbocycles. The van der Waals surface area contributed by atoms with Crippen molar-refractivity contribution in [3.05, 3.63) is 29.3 Å². The number of fused-ring (bicyclic) bond motifs is 5. The first-order chi connectivity index (χ1) is 11.5. The van der Waals surface area contributed by atoms with Gasteiger partial charge in [-0.25, -0.2) is 0 Å². The highest BCUT2D eigenvalue weighted by atomic mass is 16.5. The van der Waals surface area contributed by atoms with Gasteiger partial charge < -0.3 is 9.47 Å². The van der Waals surface area contributed by atoms with Crippen molar-refractivity contribution in [2.24, 2.45) is 17.3 Å². The van der Waals surface area contributed by atoms with Crippen LogP contribution in [-0.4, -0.2) is 19.2 Å². The van der Waals surface area contributed by atoms with Gasteiger partial charge >= 0.3 is 5.97 Å². The van der Waals surface area contributed by atoms with E-state index in [2.05, 4.69) is 25.1 Å². The number of carbonyl (C=O) groups excluding carboxylic acids is 1. The minimum absolute atomic E-state index is 0.120. The van der Waals surface area contributed by atoms with Crippen molar-refractivity contribution in [3.8, 4) is 5.75 Å². The Bertz CT molecular complexity index is 652. The normalized spacial score (nSPS) is 37.1. The maximum atomic E-state index is 11.5. The van der Waals surface area contributed by atoms with Gasteiger partial charge in [0, 0.05) is 12.3 Å². The number of ether oxygens (including phenoxy) is 2. The predicted molar refractivity (Wildman–Crippen MR) is 93.2 cm³/mol. The summed E-state index contributed by atoms with van der Waals surface area (Å²) >= 11 is 0. The smallest absolute Gasteiger partial charge is 0.302 e. The van der Waals surface area contributed by atoms with Gasteiger partial charge in [0.15, 0.2) is 0 Å². The van der Waals surface area contributed by atoms with Crippen LogP contribution in [0.15, 0.2) is 18.2 Å². The van der Waals surface area contributed by atoms with Crippen LogP contribution in [0.5, 0.6) is 5.75 Å². The summed E-state index contributed by atoms with van der Waals surface area (Å²) in [4.78, 5) is 11.5. The van der Waals surface area contributed by atoms with Crippen molar-refractivity contribution >= 4 is 5.97 Å². The van der Waals surface area contributed by atoms with Gasteiger partial charge in [-0.1, -0.05) is 13.0 Å². The Hall–Kier alpha value is -1.51. The Kier molecular flexibility index (Phi) is 3.85. The van der Waals surface area contributed by atoms with Crippen LogP contribution < -0.4 is 4.74 Å². The lowest BCUT2D eigenvalue weighted by Crippen LogP contribution is -2.45. The van der Waals surface area contributed by atoms with Gasteiger partial charge in [-0.3, -0.25) is 4.79 Å². The highest BCUT2D eigenvalue weighted by Gasteiger charge is 2.56. The van der Waals surface area contributed by atoms with E-state index in [0.29, 0.717) is 11.8 Å². The Morgan fingerprint density at radius 2 is 2.04 bits per heavy atom. The standard InChI is InChI=1S/C21H28O3/c1-13(22)24-20-9-8-19-18-6-4-14-12-15(23-3)5-7-16(14)17(18)10-11-21(19,20)2/h5,7,12,17-20H,4,6,8-11H2,1-3H3/t17-,18-,19+,20?,21+/m1/s1. The Morgan fingerprint density at radius 3 is 2.79 bits per heavy atom. The molecule has 4 rings (SSSR count). The SMILES string of the molecule is COc1ccc2c(c1)CC[C@@H]1[C@@H]2CC[C@]2(C)C(OC(C)=O)CC[C@@H]12. The van der Waals surface area contributed by atoms with E-state index in [1.165, 1.54) is 31.2 Å². The van der Waals surface area contributed by atoms with Crippen molar-refractivity contribution in [1.29, 1.82) is 0 Å². The van der Waals surface area contributed by atoms with E-state index < -0.39 is 0 Å². The second-order valence-corrected chi connectivity index (χ2v) is 8.20. The van der Waals surface area contributed by atoms with Gasteiger partial charge in [0.2, 0.25) is 0 Å². The van der Waals surface area contributed by atoms with Crippen molar-refractivity contribution in [1.82, 2.24) is 0 Å². The molecule has 5 atom stereocenters. The monoisotopic (exact) mass is 328 g/mol. The van der Waals surface area contributed by atoms with Gasteiger partial charge in [0.05, 0.1) is 7.11 Å². The fourth-order valence-corrected chi connectivity index (χ4v) is 6.03. The quantitative estimate of drug-likeness (QED) is 0.751. The molecule has 3 nitrogen and oxygen atoms in total. The number of aryl methyl sites for hydroxylation is 1. The summed E-state index contributed by atoms with van der Waals surface area (Å²) in [5, 5.41) is 0. The lowest BCUT2D eigenvalue weighted by molar-refractivity contribution is -0.154. The molecule has 1 aromatic rings. The minimum Gasteiger partial charge on any atom is -0.497 e. The Balaban J connectivity index is 1.62. The third-order valence-corrected chi connectivity index (χ3v) is 7.15. The summed E-state index contributed by atoms with van der Waals surface area (Å²) < 4.78 is 11.1. The summed E-state index contributed by atoms with van der Waals surface area (Å²) in [6, 6.07) is 6.65. The van der Waals surface area contributed by atoms with E-state index >= 15 is 0 Å². The second-order valence-electron chi connectivity index (χ2n) is 8.20. The first kappa shape index (κ1) is 16.0. The molecule has 24 heavy (non-hydrogen) atoms. The Labute approximate surface area is 144 Å². The maximum Gasteiger partial charge on any atom is 0.302 e. The summed E-state index contributed by atoms with van der Waals surface area (Å²) in [6.45, 7) is 3.92. The molecule has 2 fully saturated rings. The zero-order chi connectivity index (χ0) is 16.9. The van der Waals surface area contributed by atoms with Gasteiger partial charge in [0.25, 0.3) is 0 Å². The molecule has 0 spiro atoms. The first-order valence-corrected chi connectivity index (χ1v) is 9.37. The highest BCUT2D eigenvalue weighted by molar-refractivity contribution is 5.66. The van der Waals surface area contributed by atoms with Gasteiger partial charge in [0.1, 0.15) is 11.9 Å². The number of rotatable bonds is 2. The number of benzene rings is 1. The van der Waals surface area contributed by atoms with Crippen molar-refractivity contribution in [2.75, 3.05) is 7.11 Å². The number of hydrogen-bond donors (Lipinski definition) is 0. The molecule has 3 aliphatic rings. The fraction of sp³-hybridized carbons (Fsp3) is 0.667. The molecule has 0 bridgehead atoms. The summed E-state index contributed by atoms with van der Waals surface area (Å²) in [5.74, 6) is 2.96. The topological polar surface area (TPSA) is 35.5 Å². The maximum absolute atomic E-state index is 11.5. The van der Waals surface area contributed by atoms with Crippen LogP contribution in [0.3, 0.4) is 0 Å². The summed E-state index contributed by atoms with van der Waals surface area (Å²) in [6.07, 6.45) is 7.17. The minimum atomic E-state index is -0.120. The van der Waals surface area contributed by atoms with Crippen LogP contribution in [0.4, 0.5) is 0 Å². The van der Waals surface area contributed by atoms with Crippen molar-refractivity contribution < 1.29 is 14.3 Å². The average Bonchev–Trinajstić information content (AvgIpc) is 2.90. The van der Waals surface area contributed by atoms with Crippen molar-refractivity contribution in [3.63, 3.8) is 0 Å². The number of methoxy groups -OCH3 is 1. The third kappa shape index (κ3) is 2.35. The van der Waals surface area contributed by atoms with Crippen LogP contribution in [0.1, 0.15) is 63.0 Å². The van der Waals surface area contributed by atoms with E-state index in [1.807, 2.05) is 0 Å². The molecule has 0 radical (unpaired) electrons. The molecule has 130 valence electrons. The van der Waals surface area contributed by atoms with E-state index in [-0.39, 0.29) is 17.5 Å². The predicted octanol–water partition coefficient (Wildman–Crippen LogP) is 4.48. The van der Waals surface area contributed by atoms with Crippen LogP contribution in [0.2, 0.25) is 0 Å². The second kappa shape index (κ2) is 5.79. The summed E-state index contributed by atoms with van der Waals surface area (Å²) in [5.41, 5.74) is 3.20. The first-order valence-electron chi connectivity index (χ1n) is 9.37. The molecule has 0 aliphatic heterocycles. The molecule has 0 saturated heterocycles. The van der Waals surface area contributed by atoms with Gasteiger partial charge in [-0.2, -0.15) is 0 Å². The van der Waals surface area contributed by atoms with Gasteiger partial charge in [-0.15, -0.1) is 0 Å². The van der Waals surface area contributed by atoms with E-state index in [0.717, 1.165) is 24.5 Å². The van der Waals surface area contributed by atoms with E-state index in [9.17, 15) is 4.79 Å². The molecule has 1 unspecified atom stereocenters. The zero-order valence-electron chi connectivity index (χ0n) is 15.0. The molecule has 0 aromatic heterocycles. The lowest BCUT2D eigenvalue weighted by atomic mass is 9.55. The number of carbonyl (C=O) groups is 1.